The number of hydrogen-bond acceptors (Lipinski definition) is 6. The van der Waals surface area contributed by atoms with Crippen LogP contribution in [0.25, 0.3) is 0 Å². The minimum atomic E-state index is -1.03. The zero-order valence-electron chi connectivity index (χ0n) is 5.87. The maximum atomic E-state index is 10.1. The minimum Gasteiger partial charge on any atom is -0.300 e. The summed E-state index contributed by atoms with van der Waals surface area (Å²) in [5.74, 6) is 0.625. The van der Waals surface area contributed by atoms with Gasteiger partial charge in [-0.3, -0.25) is 4.18 Å². The van der Waals surface area contributed by atoms with Gasteiger partial charge in [0, 0.05) is 13.1 Å². The molecule has 0 bridgehead atoms. The number of rotatable bonds is 0. The van der Waals surface area contributed by atoms with Crippen LogP contribution in [0.15, 0.2) is 0 Å². The highest BCUT2D eigenvalue weighted by molar-refractivity contribution is 7.92. The van der Waals surface area contributed by atoms with E-state index in [1.807, 2.05) is 0 Å². The third kappa shape index (κ3) is 4.72. The van der Waals surface area contributed by atoms with Crippen LogP contribution in [0, 0.1) is 0 Å². The van der Waals surface area contributed by atoms with Gasteiger partial charge in [-0.2, -0.15) is 5.48 Å². The van der Waals surface area contributed by atoms with Crippen LogP contribution >= 0.6 is 12.2 Å². The highest BCUT2D eigenvalue weighted by atomic mass is 32.2. The fraction of sp³-hybridized carbons (Fsp3) is 1.00. The van der Waals surface area contributed by atoms with Crippen molar-refractivity contribution in [1.82, 2.24) is 10.2 Å². The third-order valence-electron chi connectivity index (χ3n) is 0.928. The van der Waals surface area contributed by atoms with Crippen molar-refractivity contribution in [2.45, 2.75) is 0 Å². The second-order valence-electron chi connectivity index (χ2n) is 1.79. The van der Waals surface area contributed by atoms with E-state index in [1.165, 1.54) is 12.2 Å². The van der Waals surface area contributed by atoms with E-state index in [0.717, 1.165) is 13.2 Å². The summed E-state index contributed by atoms with van der Waals surface area (Å²) in [5, 5.41) is 0. The van der Waals surface area contributed by atoms with Crippen LogP contribution < -0.4 is 10.2 Å². The second-order valence-corrected chi connectivity index (χ2v) is 3.66. The first kappa shape index (κ1) is 9.43. The zero-order chi connectivity index (χ0) is 7.94. The Morgan fingerprint density at radius 2 is 2.36 bits per heavy atom. The maximum absolute atomic E-state index is 10.1. The lowest BCUT2D eigenvalue weighted by Crippen LogP contribution is -2.02. The van der Waals surface area contributed by atoms with E-state index >= 15 is 0 Å². The zero-order valence-corrected chi connectivity index (χ0v) is 7.50. The minimum absolute atomic E-state index is 0.625. The molecule has 0 aliphatic carbocycles. The van der Waals surface area contributed by atoms with Crippen LogP contribution in [0.4, 0.5) is 0 Å². The standard InChI is InChI=1S/C2H5NO2S.C2H5NOS/c4-6-2-1-3-5-6;1-2-4-5-3-1/h3H,1-2H2;3H,1-2H2. The number of nitrogens with one attached hydrogen (secondary N) is 2. The van der Waals surface area contributed by atoms with E-state index in [1.54, 1.807) is 0 Å². The molecular weight excluding hydrogens is 188 g/mol. The highest BCUT2D eigenvalue weighted by Gasteiger charge is 2.05. The average Bonchev–Trinajstić information content (AvgIpc) is 2.57. The number of hydrogen-bond donors (Lipinski definition) is 2. The summed E-state index contributed by atoms with van der Waals surface area (Å²) in [6, 6.07) is 0. The molecule has 1 atom stereocenters. The van der Waals surface area contributed by atoms with E-state index in [2.05, 4.69) is 14.5 Å². The van der Waals surface area contributed by atoms with E-state index in [4.69, 9.17) is 4.18 Å². The molecule has 0 radical (unpaired) electrons. The van der Waals surface area contributed by atoms with Gasteiger partial charge in [-0.05, 0) is 0 Å². The van der Waals surface area contributed by atoms with Gasteiger partial charge in [0.2, 0.25) is 0 Å². The van der Waals surface area contributed by atoms with Crippen LogP contribution in [0.1, 0.15) is 0 Å². The first-order chi connectivity index (χ1) is 5.39. The summed E-state index contributed by atoms with van der Waals surface area (Å²) in [7, 11) is 0. The molecule has 11 heavy (non-hydrogen) atoms. The van der Waals surface area contributed by atoms with Crippen molar-refractivity contribution in [3.8, 4) is 0 Å². The monoisotopic (exact) mass is 198 g/mol. The van der Waals surface area contributed by atoms with Crippen molar-refractivity contribution in [2.75, 3.05) is 25.4 Å². The second kappa shape index (κ2) is 5.92. The Labute approximate surface area is 72.2 Å². The number of hydroxylamine groups is 1. The molecule has 0 aromatic carbocycles. The molecule has 2 N–H and O–H groups in total. The van der Waals surface area contributed by atoms with Crippen LogP contribution in [-0.4, -0.2) is 29.7 Å². The lowest BCUT2D eigenvalue weighted by molar-refractivity contribution is 0.257. The van der Waals surface area contributed by atoms with Crippen molar-refractivity contribution >= 4 is 23.3 Å². The van der Waals surface area contributed by atoms with Crippen molar-refractivity contribution in [3.05, 3.63) is 0 Å². The quantitative estimate of drug-likeness (QED) is 0.398. The Morgan fingerprint density at radius 3 is 2.55 bits per heavy atom. The summed E-state index contributed by atoms with van der Waals surface area (Å²) in [6.07, 6.45) is 0. The molecule has 2 rings (SSSR count). The van der Waals surface area contributed by atoms with E-state index in [0.29, 0.717) is 12.3 Å². The molecule has 1 unspecified atom stereocenters. The molecule has 0 spiro atoms. The smallest absolute Gasteiger partial charge is 0.174 e. The lowest BCUT2D eigenvalue weighted by Gasteiger charge is -1.78. The van der Waals surface area contributed by atoms with Gasteiger partial charge in [0.15, 0.2) is 11.1 Å². The van der Waals surface area contributed by atoms with Gasteiger partial charge in [0.25, 0.3) is 0 Å². The fourth-order valence-electron chi connectivity index (χ4n) is 0.482. The summed E-state index contributed by atoms with van der Waals surface area (Å²) >= 11 is 0.290. The molecule has 2 aliphatic heterocycles. The van der Waals surface area contributed by atoms with E-state index in [9.17, 15) is 4.21 Å². The Balaban J connectivity index is 0.000000112. The Morgan fingerprint density at radius 1 is 1.45 bits per heavy atom. The molecule has 0 saturated carbocycles. The predicted molar refractivity (Wildman–Crippen MR) is 43.6 cm³/mol. The largest absolute Gasteiger partial charge is 0.300 e. The topological polar surface area (TPSA) is 59.6 Å². The van der Waals surface area contributed by atoms with Crippen LogP contribution in [0.2, 0.25) is 0 Å². The van der Waals surface area contributed by atoms with Gasteiger partial charge in [0.1, 0.15) is 0 Å². The average molecular weight is 198 g/mol. The van der Waals surface area contributed by atoms with Crippen molar-refractivity contribution in [3.63, 3.8) is 0 Å². The van der Waals surface area contributed by atoms with Gasteiger partial charge in [-0.15, -0.1) is 0 Å². The molecular formula is C4H10N2O3S2. The molecule has 2 aliphatic rings. The molecule has 2 saturated heterocycles. The Kier molecular flexibility index (Phi) is 5.08. The lowest BCUT2D eigenvalue weighted by atomic mass is 10.8. The first-order valence-electron chi connectivity index (χ1n) is 3.19. The van der Waals surface area contributed by atoms with Gasteiger partial charge < -0.3 is 0 Å². The summed E-state index contributed by atoms with van der Waals surface area (Å²) in [4.78, 5) is 0. The molecule has 5 nitrogen and oxygen atoms in total. The van der Waals surface area contributed by atoms with Crippen molar-refractivity contribution in [2.24, 2.45) is 0 Å². The molecule has 66 valence electrons. The first-order valence-corrected chi connectivity index (χ1v) is 5.18. The predicted octanol–water partition coefficient (Wildman–Crippen LogP) is -0.646. The van der Waals surface area contributed by atoms with Gasteiger partial charge in [-0.1, -0.05) is 0 Å². The molecule has 0 amide bonds. The van der Waals surface area contributed by atoms with Crippen LogP contribution in [0.3, 0.4) is 0 Å². The molecule has 7 heteroatoms. The highest BCUT2D eigenvalue weighted by Crippen LogP contribution is 1.99. The van der Waals surface area contributed by atoms with Crippen LogP contribution in [-0.2, 0) is 19.5 Å². The van der Waals surface area contributed by atoms with Gasteiger partial charge >= 0.3 is 0 Å². The summed E-state index contributed by atoms with van der Waals surface area (Å²) in [5.41, 5.74) is 2.47. The third-order valence-corrected chi connectivity index (χ3v) is 2.38. The molecule has 0 aromatic rings. The summed E-state index contributed by atoms with van der Waals surface area (Å²) < 4.78 is 22.1. The fourth-order valence-corrected chi connectivity index (χ4v) is 1.45. The van der Waals surface area contributed by atoms with E-state index in [-0.39, 0.29) is 0 Å². The van der Waals surface area contributed by atoms with Crippen molar-refractivity contribution in [1.29, 1.82) is 0 Å². The normalized spacial score (nSPS) is 29.6. The molecule has 0 aromatic heterocycles. The molecule has 2 heterocycles. The van der Waals surface area contributed by atoms with Gasteiger partial charge in [-0.25, -0.2) is 13.2 Å². The van der Waals surface area contributed by atoms with E-state index < -0.39 is 11.1 Å². The van der Waals surface area contributed by atoms with Gasteiger partial charge in [0.05, 0.1) is 24.6 Å². The maximum Gasteiger partial charge on any atom is 0.174 e. The summed E-state index contributed by atoms with van der Waals surface area (Å²) in [6.45, 7) is 2.56. The Bertz CT molecular complexity index is 115. The SMILES string of the molecule is C1COSN1.O=S1CCNO1. The van der Waals surface area contributed by atoms with Crippen LogP contribution in [0.5, 0.6) is 0 Å². The Hall–Kier alpha value is 0.340. The molecule has 2 fully saturated rings. The van der Waals surface area contributed by atoms with Crippen molar-refractivity contribution < 1.29 is 12.7 Å².